The van der Waals surface area contributed by atoms with Crippen molar-refractivity contribution in [2.75, 3.05) is 0 Å². The number of hydrogen-bond acceptors (Lipinski definition) is 4. The van der Waals surface area contributed by atoms with Crippen molar-refractivity contribution >= 4 is 29.6 Å². The van der Waals surface area contributed by atoms with E-state index < -0.39 is 11.8 Å². The standard InChI is InChI=1S/C15H16ClN5O2/c1-9-12(7-18-19-15(23)14(17)22)10(2)21(20-9)8-11-5-3-4-6-13(11)16/h3-7H,8H2,1-2H3,(H2,17,22)(H,19,23)/b18-7-. The lowest BCUT2D eigenvalue weighted by molar-refractivity contribution is -0.137. The zero-order chi connectivity index (χ0) is 17.0. The molecule has 0 radical (unpaired) electrons. The molecule has 1 aromatic heterocycles. The molecule has 7 nitrogen and oxygen atoms in total. The van der Waals surface area contributed by atoms with Crippen LogP contribution in [0.2, 0.25) is 5.02 Å². The summed E-state index contributed by atoms with van der Waals surface area (Å²) in [4.78, 5) is 21.7. The molecule has 2 rings (SSSR count). The molecule has 23 heavy (non-hydrogen) atoms. The molecule has 8 heteroatoms. The molecule has 1 heterocycles. The van der Waals surface area contributed by atoms with Crippen molar-refractivity contribution in [3.63, 3.8) is 0 Å². The van der Waals surface area contributed by atoms with Gasteiger partial charge >= 0.3 is 11.8 Å². The summed E-state index contributed by atoms with van der Waals surface area (Å²) in [6.45, 7) is 4.23. The van der Waals surface area contributed by atoms with Gasteiger partial charge in [0.1, 0.15) is 0 Å². The normalized spacial score (nSPS) is 10.9. The molecular formula is C15H16ClN5O2. The van der Waals surface area contributed by atoms with Gasteiger partial charge in [0.25, 0.3) is 0 Å². The fourth-order valence-corrected chi connectivity index (χ4v) is 2.25. The highest BCUT2D eigenvalue weighted by Gasteiger charge is 2.12. The van der Waals surface area contributed by atoms with Gasteiger partial charge in [-0.3, -0.25) is 14.3 Å². The van der Waals surface area contributed by atoms with Crippen LogP contribution in [-0.2, 0) is 16.1 Å². The first kappa shape index (κ1) is 16.7. The molecule has 0 spiro atoms. The Kier molecular flexibility index (Phi) is 5.13. The first-order valence-corrected chi connectivity index (χ1v) is 7.18. The summed E-state index contributed by atoms with van der Waals surface area (Å²) in [6, 6.07) is 7.53. The van der Waals surface area contributed by atoms with Gasteiger partial charge in [-0.25, -0.2) is 5.43 Å². The van der Waals surface area contributed by atoms with Crippen LogP contribution in [0.5, 0.6) is 0 Å². The van der Waals surface area contributed by atoms with Crippen molar-refractivity contribution in [2.45, 2.75) is 20.4 Å². The van der Waals surface area contributed by atoms with E-state index in [0.717, 1.165) is 22.5 Å². The molecule has 0 saturated heterocycles. The molecule has 0 atom stereocenters. The third kappa shape index (κ3) is 3.95. The Balaban J connectivity index is 2.19. The summed E-state index contributed by atoms with van der Waals surface area (Å²) in [5.74, 6) is -2.06. The Bertz CT molecular complexity index is 782. The van der Waals surface area contributed by atoms with E-state index in [1.54, 1.807) is 4.68 Å². The van der Waals surface area contributed by atoms with E-state index in [2.05, 4.69) is 15.6 Å². The number of nitrogens with one attached hydrogen (secondary N) is 1. The van der Waals surface area contributed by atoms with E-state index in [4.69, 9.17) is 17.3 Å². The number of nitrogens with zero attached hydrogens (tertiary/aromatic N) is 3. The highest BCUT2D eigenvalue weighted by Crippen LogP contribution is 2.18. The third-order valence-electron chi connectivity index (χ3n) is 3.30. The average molecular weight is 334 g/mol. The van der Waals surface area contributed by atoms with Gasteiger partial charge in [-0.15, -0.1) is 0 Å². The molecule has 3 N–H and O–H groups in total. The van der Waals surface area contributed by atoms with Gasteiger partial charge in [-0.2, -0.15) is 10.2 Å². The fourth-order valence-electron chi connectivity index (χ4n) is 2.05. The lowest BCUT2D eigenvalue weighted by Crippen LogP contribution is -2.32. The molecule has 0 unspecified atom stereocenters. The first-order valence-electron chi connectivity index (χ1n) is 6.80. The molecule has 2 aromatic rings. The largest absolute Gasteiger partial charge is 0.361 e. The number of carbonyl (C=O) groups is 2. The maximum absolute atomic E-state index is 11.1. The topological polar surface area (TPSA) is 102 Å². The second kappa shape index (κ2) is 7.06. The Morgan fingerprint density at radius 1 is 1.39 bits per heavy atom. The molecule has 120 valence electrons. The lowest BCUT2D eigenvalue weighted by Gasteiger charge is -2.06. The summed E-state index contributed by atoms with van der Waals surface area (Å²) in [5.41, 5.74) is 10.2. The molecule has 0 aliphatic heterocycles. The van der Waals surface area contributed by atoms with Crippen molar-refractivity contribution in [1.82, 2.24) is 15.2 Å². The summed E-state index contributed by atoms with van der Waals surface area (Å²) in [7, 11) is 0. The highest BCUT2D eigenvalue weighted by atomic mass is 35.5. The molecule has 0 aliphatic rings. The van der Waals surface area contributed by atoms with Crippen LogP contribution in [0.25, 0.3) is 0 Å². The van der Waals surface area contributed by atoms with Crippen LogP contribution < -0.4 is 11.2 Å². The minimum absolute atomic E-state index is 0.522. The van der Waals surface area contributed by atoms with E-state index in [1.807, 2.05) is 38.1 Å². The van der Waals surface area contributed by atoms with Gasteiger partial charge in [0.2, 0.25) is 0 Å². The van der Waals surface area contributed by atoms with Crippen molar-refractivity contribution in [3.05, 3.63) is 51.8 Å². The van der Waals surface area contributed by atoms with Crippen LogP contribution in [0.3, 0.4) is 0 Å². The van der Waals surface area contributed by atoms with Crippen LogP contribution in [0.1, 0.15) is 22.5 Å². The maximum atomic E-state index is 11.1. The van der Waals surface area contributed by atoms with E-state index in [9.17, 15) is 9.59 Å². The molecule has 0 aliphatic carbocycles. The smallest absolute Gasteiger partial charge is 0.329 e. The SMILES string of the molecule is Cc1nn(Cc2ccccc2Cl)c(C)c1/C=N\NC(=O)C(N)=O. The number of carbonyl (C=O) groups excluding carboxylic acids is 2. The van der Waals surface area contributed by atoms with E-state index in [0.29, 0.717) is 11.6 Å². The number of nitrogens with two attached hydrogens (primary N) is 1. The maximum Gasteiger partial charge on any atom is 0.329 e. The fraction of sp³-hybridized carbons (Fsp3) is 0.200. The van der Waals surface area contributed by atoms with Crippen LogP contribution >= 0.6 is 11.6 Å². The monoisotopic (exact) mass is 333 g/mol. The number of halogens is 1. The van der Waals surface area contributed by atoms with E-state index >= 15 is 0 Å². The van der Waals surface area contributed by atoms with Gasteiger partial charge in [-0.05, 0) is 25.5 Å². The summed E-state index contributed by atoms with van der Waals surface area (Å²) >= 11 is 6.16. The minimum Gasteiger partial charge on any atom is -0.361 e. The molecule has 0 fully saturated rings. The molecule has 0 bridgehead atoms. The zero-order valence-corrected chi connectivity index (χ0v) is 13.5. The number of aromatic nitrogens is 2. The highest BCUT2D eigenvalue weighted by molar-refractivity contribution is 6.34. The van der Waals surface area contributed by atoms with Crippen LogP contribution in [0.4, 0.5) is 0 Å². The molecule has 0 saturated carbocycles. The van der Waals surface area contributed by atoms with Crippen LogP contribution in [0.15, 0.2) is 29.4 Å². The van der Waals surface area contributed by atoms with Crippen LogP contribution in [0, 0.1) is 13.8 Å². The van der Waals surface area contributed by atoms with Gasteiger partial charge in [0.15, 0.2) is 0 Å². The van der Waals surface area contributed by atoms with Crippen molar-refractivity contribution in [2.24, 2.45) is 10.8 Å². The van der Waals surface area contributed by atoms with Gasteiger partial charge in [0, 0.05) is 16.3 Å². The minimum atomic E-state index is -1.09. The second-order valence-electron chi connectivity index (χ2n) is 4.90. The number of amides is 2. The van der Waals surface area contributed by atoms with Crippen molar-refractivity contribution in [3.8, 4) is 0 Å². The Labute approximate surface area is 138 Å². The van der Waals surface area contributed by atoms with E-state index in [-0.39, 0.29) is 0 Å². The first-order chi connectivity index (χ1) is 10.9. The van der Waals surface area contributed by atoms with Crippen LogP contribution in [-0.4, -0.2) is 27.8 Å². The number of hydrazone groups is 1. The van der Waals surface area contributed by atoms with E-state index in [1.165, 1.54) is 6.21 Å². The Morgan fingerprint density at radius 3 is 2.74 bits per heavy atom. The lowest BCUT2D eigenvalue weighted by atomic mass is 10.2. The molecule has 2 amide bonds. The molecule has 1 aromatic carbocycles. The molecular weight excluding hydrogens is 318 g/mol. The number of rotatable bonds is 4. The predicted molar refractivity (Wildman–Crippen MR) is 87.2 cm³/mol. The summed E-state index contributed by atoms with van der Waals surface area (Å²) in [6.07, 6.45) is 1.43. The van der Waals surface area contributed by atoms with Gasteiger partial charge < -0.3 is 5.73 Å². The number of benzene rings is 1. The Morgan fingerprint density at radius 2 is 2.09 bits per heavy atom. The Hall–Kier alpha value is -2.67. The predicted octanol–water partition coefficient (Wildman–Crippen LogP) is 1.14. The van der Waals surface area contributed by atoms with Gasteiger partial charge in [0.05, 0.1) is 18.5 Å². The quantitative estimate of drug-likeness (QED) is 0.498. The second-order valence-corrected chi connectivity index (χ2v) is 5.30. The number of hydrogen-bond donors (Lipinski definition) is 2. The third-order valence-corrected chi connectivity index (χ3v) is 3.67. The summed E-state index contributed by atoms with van der Waals surface area (Å²) < 4.78 is 1.80. The summed E-state index contributed by atoms with van der Waals surface area (Å²) in [5, 5.41) is 8.83. The number of aryl methyl sites for hydroxylation is 1. The zero-order valence-electron chi connectivity index (χ0n) is 12.7. The number of primary amides is 1. The average Bonchev–Trinajstić information content (AvgIpc) is 2.76. The van der Waals surface area contributed by atoms with Crippen molar-refractivity contribution in [1.29, 1.82) is 0 Å². The van der Waals surface area contributed by atoms with Gasteiger partial charge in [-0.1, -0.05) is 29.8 Å². The van der Waals surface area contributed by atoms with Crippen molar-refractivity contribution < 1.29 is 9.59 Å².